The van der Waals surface area contributed by atoms with Crippen LogP contribution in [0, 0.1) is 6.92 Å². The van der Waals surface area contributed by atoms with Gasteiger partial charge in [-0.25, -0.2) is 0 Å². The summed E-state index contributed by atoms with van der Waals surface area (Å²) in [6.07, 6.45) is -0.339. The van der Waals surface area contributed by atoms with Crippen molar-refractivity contribution in [2.24, 2.45) is 0 Å². The van der Waals surface area contributed by atoms with E-state index in [4.69, 9.17) is 4.74 Å². The third-order valence-corrected chi connectivity index (χ3v) is 4.97. The minimum absolute atomic E-state index is 0.133. The Morgan fingerprint density at radius 1 is 1.28 bits per heavy atom. The summed E-state index contributed by atoms with van der Waals surface area (Å²) in [6.45, 7) is 3.99. The molecule has 2 aromatic carbocycles. The maximum atomic E-state index is 12.4. The molecular weight excluding hydrogens is 384 g/mol. The summed E-state index contributed by atoms with van der Waals surface area (Å²) in [5.74, 6) is 0.399. The van der Waals surface area contributed by atoms with Crippen LogP contribution >= 0.6 is 15.9 Å². The van der Waals surface area contributed by atoms with Gasteiger partial charge in [-0.2, -0.15) is 0 Å². The van der Waals surface area contributed by atoms with E-state index in [1.54, 1.807) is 11.8 Å². The van der Waals surface area contributed by atoms with Crippen LogP contribution in [0.15, 0.2) is 46.9 Å². The van der Waals surface area contributed by atoms with Crippen LogP contribution in [-0.2, 0) is 9.59 Å². The second-order valence-corrected chi connectivity index (χ2v) is 6.83. The van der Waals surface area contributed by atoms with Crippen molar-refractivity contribution in [2.75, 3.05) is 16.8 Å². The Kier molecular flexibility index (Phi) is 5.08. The van der Waals surface area contributed by atoms with E-state index in [1.807, 2.05) is 49.4 Å². The van der Waals surface area contributed by atoms with E-state index in [0.717, 1.165) is 15.7 Å². The van der Waals surface area contributed by atoms with Crippen molar-refractivity contribution >= 4 is 39.1 Å². The van der Waals surface area contributed by atoms with E-state index in [2.05, 4.69) is 21.2 Å². The van der Waals surface area contributed by atoms with E-state index in [1.165, 1.54) is 0 Å². The summed E-state index contributed by atoms with van der Waals surface area (Å²) >= 11 is 3.44. The molecule has 5 nitrogen and oxygen atoms in total. The molecule has 0 radical (unpaired) electrons. The number of nitrogens with zero attached hydrogens (tertiary/aromatic N) is 1. The average molecular weight is 403 g/mol. The molecule has 25 heavy (non-hydrogen) atoms. The highest BCUT2D eigenvalue weighted by Gasteiger charge is 2.31. The molecule has 0 bridgehead atoms. The van der Waals surface area contributed by atoms with Crippen molar-refractivity contribution in [3.8, 4) is 5.75 Å². The average Bonchev–Trinajstić information content (AvgIpc) is 2.58. The minimum Gasteiger partial charge on any atom is -0.479 e. The summed E-state index contributed by atoms with van der Waals surface area (Å²) in [5, 5.41) is 2.87. The molecule has 130 valence electrons. The number of ether oxygens (including phenoxy) is 1. The summed E-state index contributed by atoms with van der Waals surface area (Å²) < 4.78 is 6.60. The van der Waals surface area contributed by atoms with Gasteiger partial charge in [0.2, 0.25) is 5.91 Å². The zero-order valence-corrected chi connectivity index (χ0v) is 15.7. The molecule has 2 aromatic rings. The van der Waals surface area contributed by atoms with Gasteiger partial charge in [0.05, 0.1) is 5.69 Å². The number of aryl methyl sites for hydroxylation is 1. The van der Waals surface area contributed by atoms with Crippen LogP contribution in [0.3, 0.4) is 0 Å². The number of nitrogens with one attached hydrogen (secondary N) is 1. The van der Waals surface area contributed by atoms with E-state index in [0.29, 0.717) is 18.0 Å². The first-order valence-corrected chi connectivity index (χ1v) is 8.88. The Morgan fingerprint density at radius 3 is 2.80 bits per heavy atom. The van der Waals surface area contributed by atoms with Crippen LogP contribution in [-0.4, -0.2) is 24.5 Å². The zero-order valence-electron chi connectivity index (χ0n) is 14.1. The molecule has 1 heterocycles. The number of hydrogen-bond acceptors (Lipinski definition) is 3. The Morgan fingerprint density at radius 2 is 2.04 bits per heavy atom. The summed E-state index contributed by atoms with van der Waals surface area (Å²) in [7, 11) is 0. The predicted octanol–water partition coefficient (Wildman–Crippen LogP) is 3.90. The van der Waals surface area contributed by atoms with Crippen molar-refractivity contribution in [1.29, 1.82) is 0 Å². The molecule has 0 saturated heterocycles. The summed E-state index contributed by atoms with van der Waals surface area (Å²) in [5.41, 5.74) is 2.49. The molecule has 1 N–H and O–H groups in total. The molecule has 0 fully saturated rings. The Balaban J connectivity index is 1.67. The first-order valence-electron chi connectivity index (χ1n) is 8.09. The monoisotopic (exact) mass is 402 g/mol. The lowest BCUT2D eigenvalue weighted by molar-refractivity contribution is -0.125. The number of fused-ring (bicyclic) bond motifs is 1. The van der Waals surface area contributed by atoms with Crippen molar-refractivity contribution < 1.29 is 14.3 Å². The normalized spacial score (nSPS) is 16.2. The first kappa shape index (κ1) is 17.5. The van der Waals surface area contributed by atoms with Gasteiger partial charge in [0, 0.05) is 23.1 Å². The Labute approximate surface area is 155 Å². The van der Waals surface area contributed by atoms with Crippen molar-refractivity contribution in [1.82, 2.24) is 0 Å². The SMILES string of the molecule is Cc1cc(NC(=O)CCN2C(=O)[C@@H](C)Oc3ccccc32)ccc1Br. The lowest BCUT2D eigenvalue weighted by Gasteiger charge is -2.32. The fourth-order valence-corrected chi connectivity index (χ4v) is 3.00. The summed E-state index contributed by atoms with van der Waals surface area (Å²) in [6, 6.07) is 13.0. The second kappa shape index (κ2) is 7.27. The second-order valence-electron chi connectivity index (χ2n) is 5.98. The highest BCUT2D eigenvalue weighted by Crippen LogP contribution is 2.33. The van der Waals surface area contributed by atoms with Gasteiger partial charge in [-0.05, 0) is 49.7 Å². The van der Waals surface area contributed by atoms with E-state index in [9.17, 15) is 9.59 Å². The maximum absolute atomic E-state index is 12.4. The molecular formula is C19H19BrN2O3. The van der Waals surface area contributed by atoms with Crippen LogP contribution in [0.25, 0.3) is 0 Å². The molecule has 3 rings (SSSR count). The fourth-order valence-electron chi connectivity index (χ4n) is 2.75. The molecule has 0 spiro atoms. The van der Waals surface area contributed by atoms with Gasteiger partial charge in [-0.15, -0.1) is 0 Å². The van der Waals surface area contributed by atoms with Crippen LogP contribution in [0.4, 0.5) is 11.4 Å². The molecule has 0 aromatic heterocycles. The molecule has 0 aliphatic carbocycles. The molecule has 2 amide bonds. The fraction of sp³-hybridized carbons (Fsp3) is 0.263. The third kappa shape index (κ3) is 3.85. The number of halogens is 1. The lowest BCUT2D eigenvalue weighted by atomic mass is 10.1. The van der Waals surface area contributed by atoms with E-state index in [-0.39, 0.29) is 18.2 Å². The van der Waals surface area contributed by atoms with Gasteiger partial charge >= 0.3 is 0 Å². The van der Waals surface area contributed by atoms with Crippen LogP contribution in [0.5, 0.6) is 5.75 Å². The lowest BCUT2D eigenvalue weighted by Crippen LogP contribution is -2.45. The Hall–Kier alpha value is -2.34. The smallest absolute Gasteiger partial charge is 0.267 e. The number of rotatable bonds is 4. The zero-order chi connectivity index (χ0) is 18.0. The standard InChI is InChI=1S/C19H19BrN2O3/c1-12-11-14(7-8-15(12)20)21-18(23)9-10-22-16-5-3-4-6-17(16)25-13(2)19(22)24/h3-8,11,13H,9-10H2,1-2H3,(H,21,23)/t13-/m1/s1. The molecule has 1 aliphatic heterocycles. The van der Waals surface area contributed by atoms with Gasteiger partial charge in [-0.1, -0.05) is 28.1 Å². The van der Waals surface area contributed by atoms with E-state index < -0.39 is 6.10 Å². The highest BCUT2D eigenvalue weighted by atomic mass is 79.9. The molecule has 1 aliphatic rings. The third-order valence-electron chi connectivity index (χ3n) is 4.08. The molecule has 0 saturated carbocycles. The topological polar surface area (TPSA) is 58.6 Å². The van der Waals surface area contributed by atoms with Crippen LogP contribution in [0.1, 0.15) is 18.9 Å². The van der Waals surface area contributed by atoms with Crippen molar-refractivity contribution in [3.63, 3.8) is 0 Å². The van der Waals surface area contributed by atoms with Gasteiger partial charge in [0.1, 0.15) is 5.75 Å². The molecule has 6 heteroatoms. The highest BCUT2D eigenvalue weighted by molar-refractivity contribution is 9.10. The number of carbonyl (C=O) groups is 2. The number of carbonyl (C=O) groups excluding carboxylic acids is 2. The quantitative estimate of drug-likeness (QED) is 0.843. The number of para-hydroxylation sites is 2. The molecule has 0 unspecified atom stereocenters. The number of hydrogen-bond donors (Lipinski definition) is 1. The summed E-state index contributed by atoms with van der Waals surface area (Å²) in [4.78, 5) is 26.3. The van der Waals surface area contributed by atoms with Gasteiger partial charge < -0.3 is 15.0 Å². The number of amides is 2. The van der Waals surface area contributed by atoms with Crippen molar-refractivity contribution in [3.05, 3.63) is 52.5 Å². The maximum Gasteiger partial charge on any atom is 0.267 e. The van der Waals surface area contributed by atoms with Gasteiger partial charge in [0.25, 0.3) is 5.91 Å². The predicted molar refractivity (Wildman–Crippen MR) is 101 cm³/mol. The Bertz CT molecular complexity index is 822. The van der Waals surface area contributed by atoms with Crippen molar-refractivity contribution in [2.45, 2.75) is 26.4 Å². The number of benzene rings is 2. The minimum atomic E-state index is -0.549. The molecule has 1 atom stereocenters. The largest absolute Gasteiger partial charge is 0.479 e. The van der Waals surface area contributed by atoms with Gasteiger partial charge in [-0.3, -0.25) is 9.59 Å². The van der Waals surface area contributed by atoms with Gasteiger partial charge in [0.15, 0.2) is 6.10 Å². The van der Waals surface area contributed by atoms with Crippen LogP contribution < -0.4 is 15.0 Å². The van der Waals surface area contributed by atoms with E-state index >= 15 is 0 Å². The number of anilines is 2. The first-order chi connectivity index (χ1) is 12.0. The van der Waals surface area contributed by atoms with Crippen LogP contribution in [0.2, 0.25) is 0 Å².